The molecule has 0 saturated carbocycles. The van der Waals surface area contributed by atoms with Crippen molar-refractivity contribution in [2.45, 2.75) is 0 Å². The largest absolute Gasteiger partial charge is 0.396 e. The first kappa shape index (κ1) is 20.6. The fraction of sp³-hybridized carbons (Fsp3) is 0.625. The summed E-state index contributed by atoms with van der Waals surface area (Å²) < 4.78 is 1.71. The van der Waals surface area contributed by atoms with Gasteiger partial charge in [0.25, 0.3) is 5.91 Å². The fourth-order valence-electron chi connectivity index (χ4n) is 2.75. The molecule has 1 saturated heterocycles. The van der Waals surface area contributed by atoms with Crippen LogP contribution in [0.5, 0.6) is 0 Å². The standard InChI is InChI=1S/C16H26N8O3S/c25-8-12(9-26)7-19-14(27)13-10-28-16(21-13)24-11-20-22-15(24)18-3-6-23-4-1-17-2-5-23/h10-12,17,25-26H,1-9H2,(H,18,22)(H,19,27). The van der Waals surface area contributed by atoms with E-state index in [0.717, 1.165) is 39.3 Å². The summed E-state index contributed by atoms with van der Waals surface area (Å²) in [4.78, 5) is 18.9. The van der Waals surface area contributed by atoms with Gasteiger partial charge in [-0.3, -0.25) is 9.69 Å². The lowest BCUT2D eigenvalue weighted by atomic mass is 10.2. The summed E-state index contributed by atoms with van der Waals surface area (Å²) in [5.41, 5.74) is 0.273. The predicted molar refractivity (Wildman–Crippen MR) is 105 cm³/mol. The van der Waals surface area contributed by atoms with E-state index < -0.39 is 0 Å². The van der Waals surface area contributed by atoms with Gasteiger partial charge in [-0.25, -0.2) is 9.55 Å². The quantitative estimate of drug-likeness (QED) is 0.312. The first-order chi connectivity index (χ1) is 13.7. The maximum absolute atomic E-state index is 12.2. The highest BCUT2D eigenvalue weighted by atomic mass is 32.1. The van der Waals surface area contributed by atoms with Gasteiger partial charge < -0.3 is 26.2 Å². The molecule has 154 valence electrons. The van der Waals surface area contributed by atoms with Gasteiger partial charge in [-0.15, -0.1) is 21.5 Å². The number of nitrogens with zero attached hydrogens (tertiary/aromatic N) is 5. The number of carbonyl (C=O) groups is 1. The van der Waals surface area contributed by atoms with E-state index in [1.54, 1.807) is 16.3 Å². The number of rotatable bonds is 10. The van der Waals surface area contributed by atoms with Gasteiger partial charge in [-0.05, 0) is 0 Å². The maximum atomic E-state index is 12.2. The zero-order valence-electron chi connectivity index (χ0n) is 15.5. The third kappa shape index (κ3) is 5.45. The highest BCUT2D eigenvalue weighted by molar-refractivity contribution is 7.12. The van der Waals surface area contributed by atoms with Gasteiger partial charge in [0.15, 0.2) is 5.13 Å². The van der Waals surface area contributed by atoms with Crippen molar-refractivity contribution < 1.29 is 15.0 Å². The summed E-state index contributed by atoms with van der Waals surface area (Å²) >= 11 is 1.31. The molecular weight excluding hydrogens is 384 g/mol. The Balaban J connectivity index is 1.54. The van der Waals surface area contributed by atoms with Crippen molar-refractivity contribution >= 4 is 23.2 Å². The molecule has 5 N–H and O–H groups in total. The molecule has 1 aliphatic rings. The molecule has 2 aromatic heterocycles. The first-order valence-electron chi connectivity index (χ1n) is 9.24. The minimum atomic E-state index is -0.383. The molecule has 0 unspecified atom stereocenters. The second kappa shape index (κ2) is 10.4. The number of amides is 1. The molecule has 0 spiro atoms. The Morgan fingerprint density at radius 1 is 1.32 bits per heavy atom. The van der Waals surface area contributed by atoms with E-state index in [4.69, 9.17) is 10.2 Å². The summed E-state index contributed by atoms with van der Waals surface area (Å²) in [6.45, 7) is 5.54. The van der Waals surface area contributed by atoms with E-state index >= 15 is 0 Å². The van der Waals surface area contributed by atoms with Crippen LogP contribution in [0.2, 0.25) is 0 Å². The van der Waals surface area contributed by atoms with Gasteiger partial charge in [-0.2, -0.15) is 0 Å². The van der Waals surface area contributed by atoms with Crippen LogP contribution in [0, 0.1) is 5.92 Å². The third-order valence-corrected chi connectivity index (χ3v) is 5.31. The van der Waals surface area contributed by atoms with Gasteiger partial charge in [-0.1, -0.05) is 0 Å². The maximum Gasteiger partial charge on any atom is 0.270 e. The van der Waals surface area contributed by atoms with Crippen molar-refractivity contribution in [3.05, 3.63) is 17.4 Å². The van der Waals surface area contributed by atoms with Crippen LogP contribution < -0.4 is 16.0 Å². The zero-order valence-corrected chi connectivity index (χ0v) is 16.4. The number of aliphatic hydroxyl groups excluding tert-OH is 2. The van der Waals surface area contributed by atoms with Crippen molar-refractivity contribution in [3.8, 4) is 5.13 Å². The summed E-state index contributed by atoms with van der Waals surface area (Å²) in [5, 5.41) is 37.7. The van der Waals surface area contributed by atoms with Gasteiger partial charge in [0.2, 0.25) is 5.95 Å². The van der Waals surface area contributed by atoms with Crippen molar-refractivity contribution in [3.63, 3.8) is 0 Å². The molecule has 1 aliphatic heterocycles. The average Bonchev–Trinajstić information content (AvgIpc) is 3.39. The molecule has 0 aromatic carbocycles. The SMILES string of the molecule is O=C(NCC(CO)CO)c1csc(-n2cnnc2NCCN2CCNCC2)n1. The number of hydrogen-bond acceptors (Lipinski definition) is 10. The molecule has 11 nitrogen and oxygen atoms in total. The van der Waals surface area contributed by atoms with Gasteiger partial charge >= 0.3 is 0 Å². The van der Waals surface area contributed by atoms with E-state index in [1.807, 2.05) is 0 Å². The number of thiazole rings is 1. The Kier molecular flexibility index (Phi) is 7.68. The molecule has 12 heteroatoms. The fourth-order valence-corrected chi connectivity index (χ4v) is 3.52. The number of aromatic nitrogens is 4. The molecule has 3 heterocycles. The average molecular weight is 411 g/mol. The lowest BCUT2D eigenvalue weighted by molar-refractivity contribution is 0.0917. The van der Waals surface area contributed by atoms with Gasteiger partial charge in [0.05, 0.1) is 0 Å². The number of nitrogens with one attached hydrogen (secondary N) is 3. The van der Waals surface area contributed by atoms with Crippen molar-refractivity contribution in [2.24, 2.45) is 5.92 Å². The number of carbonyl (C=O) groups excluding carboxylic acids is 1. The summed E-state index contributed by atoms with van der Waals surface area (Å²) in [5.74, 6) is -0.154. The minimum Gasteiger partial charge on any atom is -0.396 e. The lowest BCUT2D eigenvalue weighted by Crippen LogP contribution is -2.45. The minimum absolute atomic E-state index is 0.185. The molecule has 1 fully saturated rings. The Labute approximate surface area is 166 Å². The topological polar surface area (TPSA) is 140 Å². The summed E-state index contributed by atoms with van der Waals surface area (Å²) in [6, 6.07) is 0. The molecule has 2 aromatic rings. The van der Waals surface area contributed by atoms with E-state index in [1.165, 1.54) is 11.3 Å². The zero-order chi connectivity index (χ0) is 19.8. The number of anilines is 1. The van der Waals surface area contributed by atoms with Crippen LogP contribution >= 0.6 is 11.3 Å². The van der Waals surface area contributed by atoms with Crippen molar-refractivity contribution in [1.29, 1.82) is 0 Å². The Bertz CT molecular complexity index is 742. The summed E-state index contributed by atoms with van der Waals surface area (Å²) in [7, 11) is 0. The van der Waals surface area contributed by atoms with Gasteiger partial charge in [0, 0.05) is 70.3 Å². The number of aliphatic hydroxyl groups is 2. The monoisotopic (exact) mass is 410 g/mol. The normalized spacial score (nSPS) is 15.1. The molecule has 3 rings (SSSR count). The Morgan fingerprint density at radius 2 is 2.11 bits per heavy atom. The predicted octanol–water partition coefficient (Wildman–Crippen LogP) is -1.63. The lowest BCUT2D eigenvalue weighted by Gasteiger charge is -2.27. The second-order valence-electron chi connectivity index (χ2n) is 6.50. The van der Waals surface area contributed by atoms with E-state index in [9.17, 15) is 4.79 Å². The van der Waals surface area contributed by atoms with E-state index in [2.05, 4.69) is 36.0 Å². The van der Waals surface area contributed by atoms with Crippen LogP contribution in [-0.2, 0) is 0 Å². The molecule has 0 aliphatic carbocycles. The smallest absolute Gasteiger partial charge is 0.270 e. The Hall–Kier alpha value is -2.12. The van der Waals surface area contributed by atoms with Crippen LogP contribution in [0.1, 0.15) is 10.5 Å². The van der Waals surface area contributed by atoms with Crippen molar-refractivity contribution in [1.82, 2.24) is 35.3 Å². The van der Waals surface area contributed by atoms with E-state index in [-0.39, 0.29) is 37.3 Å². The molecule has 0 bridgehead atoms. The second-order valence-corrected chi connectivity index (χ2v) is 7.34. The molecule has 0 radical (unpaired) electrons. The molecule has 1 amide bonds. The summed E-state index contributed by atoms with van der Waals surface area (Å²) in [6.07, 6.45) is 1.56. The van der Waals surface area contributed by atoms with Crippen LogP contribution in [0.3, 0.4) is 0 Å². The highest BCUT2D eigenvalue weighted by Gasteiger charge is 2.16. The van der Waals surface area contributed by atoms with E-state index in [0.29, 0.717) is 11.1 Å². The van der Waals surface area contributed by atoms with Crippen LogP contribution in [0.4, 0.5) is 5.95 Å². The number of hydrogen-bond donors (Lipinski definition) is 5. The van der Waals surface area contributed by atoms with Crippen LogP contribution in [0.25, 0.3) is 5.13 Å². The van der Waals surface area contributed by atoms with Gasteiger partial charge in [0.1, 0.15) is 12.0 Å². The molecule has 0 atom stereocenters. The third-order valence-electron chi connectivity index (χ3n) is 4.47. The van der Waals surface area contributed by atoms with Crippen molar-refractivity contribution in [2.75, 3.05) is 64.3 Å². The Morgan fingerprint density at radius 3 is 2.86 bits per heavy atom. The van der Waals surface area contributed by atoms with Crippen LogP contribution in [-0.4, -0.2) is 99.8 Å². The van der Waals surface area contributed by atoms with Crippen LogP contribution in [0.15, 0.2) is 11.7 Å². The molecule has 28 heavy (non-hydrogen) atoms. The molecular formula is C16H26N8O3S. The first-order valence-corrected chi connectivity index (χ1v) is 10.1. The highest BCUT2D eigenvalue weighted by Crippen LogP contribution is 2.18. The number of piperazine rings is 1.